The standard InChI is InChI=1S/C25H20N2O4/c1-14-4-3-5-15(2)23(14)27-24(29)19-10-9-17(12-20(19)25(27)30)31-18-8-6-16-7-11-22(28)26-21(16)13-18/h3-6,8-10,12-13H,7,11H2,1-2H3,(H,26,28). The van der Waals surface area contributed by atoms with Gasteiger partial charge < -0.3 is 10.1 Å². The number of ether oxygens (including phenoxy) is 1. The molecule has 0 aromatic heterocycles. The fraction of sp³-hybridized carbons (Fsp3) is 0.160. The van der Waals surface area contributed by atoms with Crippen LogP contribution in [-0.4, -0.2) is 17.7 Å². The van der Waals surface area contributed by atoms with Crippen molar-refractivity contribution in [2.45, 2.75) is 26.7 Å². The predicted molar refractivity (Wildman–Crippen MR) is 117 cm³/mol. The molecule has 0 aliphatic carbocycles. The number of hydrogen-bond donors (Lipinski definition) is 1. The van der Waals surface area contributed by atoms with Crippen molar-refractivity contribution in [3.8, 4) is 11.5 Å². The second-order valence-corrected chi connectivity index (χ2v) is 7.86. The molecular formula is C25H20N2O4. The van der Waals surface area contributed by atoms with E-state index in [-0.39, 0.29) is 17.7 Å². The van der Waals surface area contributed by atoms with E-state index >= 15 is 0 Å². The lowest BCUT2D eigenvalue weighted by Crippen LogP contribution is -2.30. The van der Waals surface area contributed by atoms with Crippen molar-refractivity contribution < 1.29 is 19.1 Å². The van der Waals surface area contributed by atoms with Gasteiger partial charge in [-0.3, -0.25) is 14.4 Å². The molecule has 0 spiro atoms. The molecule has 3 amide bonds. The van der Waals surface area contributed by atoms with E-state index in [0.717, 1.165) is 22.4 Å². The fourth-order valence-electron chi connectivity index (χ4n) is 4.20. The second kappa shape index (κ2) is 7.09. The summed E-state index contributed by atoms with van der Waals surface area (Å²) in [6.07, 6.45) is 1.18. The van der Waals surface area contributed by atoms with Crippen LogP contribution >= 0.6 is 0 Å². The third kappa shape index (κ3) is 3.17. The Morgan fingerprint density at radius 2 is 1.48 bits per heavy atom. The monoisotopic (exact) mass is 412 g/mol. The van der Waals surface area contributed by atoms with E-state index in [1.54, 1.807) is 24.3 Å². The van der Waals surface area contributed by atoms with E-state index in [4.69, 9.17) is 4.74 Å². The molecule has 0 fully saturated rings. The molecule has 0 atom stereocenters. The minimum Gasteiger partial charge on any atom is -0.457 e. The highest BCUT2D eigenvalue weighted by atomic mass is 16.5. The summed E-state index contributed by atoms with van der Waals surface area (Å²) in [7, 11) is 0. The van der Waals surface area contributed by atoms with Gasteiger partial charge in [0, 0.05) is 18.2 Å². The zero-order valence-electron chi connectivity index (χ0n) is 17.2. The third-order valence-corrected chi connectivity index (χ3v) is 5.73. The largest absolute Gasteiger partial charge is 0.457 e. The Bertz CT molecular complexity index is 1260. The maximum Gasteiger partial charge on any atom is 0.266 e. The summed E-state index contributed by atoms with van der Waals surface area (Å²) >= 11 is 0. The van der Waals surface area contributed by atoms with Gasteiger partial charge in [-0.15, -0.1) is 0 Å². The van der Waals surface area contributed by atoms with Crippen molar-refractivity contribution in [2.75, 3.05) is 10.2 Å². The zero-order valence-corrected chi connectivity index (χ0v) is 17.2. The van der Waals surface area contributed by atoms with Gasteiger partial charge in [-0.05, 0) is 61.2 Å². The molecule has 3 aromatic rings. The van der Waals surface area contributed by atoms with Crippen LogP contribution in [0.2, 0.25) is 0 Å². The Morgan fingerprint density at radius 1 is 0.806 bits per heavy atom. The van der Waals surface area contributed by atoms with Crippen LogP contribution < -0.4 is 15.0 Å². The Hall–Kier alpha value is -3.93. The number of fused-ring (bicyclic) bond motifs is 2. The summed E-state index contributed by atoms with van der Waals surface area (Å²) in [6, 6.07) is 16.1. The number of para-hydroxylation sites is 1. The van der Waals surface area contributed by atoms with Crippen molar-refractivity contribution in [1.29, 1.82) is 0 Å². The predicted octanol–water partition coefficient (Wildman–Crippen LogP) is 4.78. The number of rotatable bonds is 3. The average Bonchev–Trinajstić information content (AvgIpc) is 2.98. The SMILES string of the molecule is Cc1cccc(C)c1N1C(=O)c2ccc(Oc3ccc4c(c3)NC(=O)CC4)cc2C1=O. The average molecular weight is 412 g/mol. The lowest BCUT2D eigenvalue weighted by molar-refractivity contribution is -0.116. The Kier molecular flexibility index (Phi) is 4.36. The van der Waals surface area contributed by atoms with Gasteiger partial charge in [-0.1, -0.05) is 24.3 Å². The minimum absolute atomic E-state index is 0.0159. The highest BCUT2D eigenvalue weighted by Gasteiger charge is 2.38. The van der Waals surface area contributed by atoms with Crippen molar-refractivity contribution in [2.24, 2.45) is 0 Å². The van der Waals surface area contributed by atoms with Crippen LogP contribution in [0.3, 0.4) is 0 Å². The number of nitrogens with one attached hydrogen (secondary N) is 1. The van der Waals surface area contributed by atoms with E-state index in [0.29, 0.717) is 41.2 Å². The molecule has 0 radical (unpaired) electrons. The Labute approximate surface area is 179 Å². The fourth-order valence-corrected chi connectivity index (χ4v) is 4.20. The van der Waals surface area contributed by atoms with E-state index in [2.05, 4.69) is 5.32 Å². The molecule has 154 valence electrons. The molecule has 5 rings (SSSR count). The smallest absolute Gasteiger partial charge is 0.266 e. The number of carbonyl (C=O) groups excluding carboxylic acids is 3. The molecule has 0 saturated heterocycles. The molecular weight excluding hydrogens is 392 g/mol. The summed E-state index contributed by atoms with van der Waals surface area (Å²) in [5.74, 6) is 0.286. The highest BCUT2D eigenvalue weighted by Crippen LogP contribution is 2.36. The van der Waals surface area contributed by atoms with Gasteiger partial charge in [0.2, 0.25) is 5.91 Å². The van der Waals surface area contributed by atoms with E-state index in [9.17, 15) is 14.4 Å². The molecule has 31 heavy (non-hydrogen) atoms. The first-order valence-corrected chi connectivity index (χ1v) is 10.1. The van der Waals surface area contributed by atoms with Crippen molar-refractivity contribution in [1.82, 2.24) is 0 Å². The zero-order chi connectivity index (χ0) is 21.7. The molecule has 2 heterocycles. The molecule has 6 nitrogen and oxygen atoms in total. The number of benzene rings is 3. The van der Waals surface area contributed by atoms with E-state index in [1.165, 1.54) is 4.90 Å². The van der Waals surface area contributed by atoms with Crippen molar-refractivity contribution in [3.05, 3.63) is 82.4 Å². The topological polar surface area (TPSA) is 75.7 Å². The summed E-state index contributed by atoms with van der Waals surface area (Å²) in [4.78, 5) is 39.0. The Morgan fingerprint density at radius 3 is 2.26 bits per heavy atom. The van der Waals surface area contributed by atoms with E-state index < -0.39 is 0 Å². The summed E-state index contributed by atoms with van der Waals surface area (Å²) < 4.78 is 5.94. The first kappa shape index (κ1) is 19.1. The first-order chi connectivity index (χ1) is 14.9. The Balaban J connectivity index is 1.46. The third-order valence-electron chi connectivity index (χ3n) is 5.73. The van der Waals surface area contributed by atoms with Gasteiger partial charge in [0.05, 0.1) is 16.8 Å². The van der Waals surface area contributed by atoms with Crippen LogP contribution in [-0.2, 0) is 11.2 Å². The van der Waals surface area contributed by atoms with E-state index in [1.807, 2.05) is 44.2 Å². The van der Waals surface area contributed by atoms with Crippen molar-refractivity contribution in [3.63, 3.8) is 0 Å². The minimum atomic E-state index is -0.361. The van der Waals surface area contributed by atoms with Crippen molar-refractivity contribution >= 4 is 29.1 Å². The van der Waals surface area contributed by atoms with Gasteiger partial charge in [0.1, 0.15) is 11.5 Å². The molecule has 0 saturated carbocycles. The van der Waals surface area contributed by atoms with Gasteiger partial charge in [-0.25, -0.2) is 4.90 Å². The number of amides is 3. The van der Waals surface area contributed by atoms with Crippen LogP contribution in [0.5, 0.6) is 11.5 Å². The number of anilines is 2. The lowest BCUT2D eigenvalue weighted by Gasteiger charge is -2.19. The van der Waals surface area contributed by atoms with Crippen LogP contribution in [0, 0.1) is 13.8 Å². The molecule has 0 bridgehead atoms. The molecule has 2 aliphatic rings. The molecule has 0 unspecified atom stereocenters. The number of nitrogens with zero attached hydrogens (tertiary/aromatic N) is 1. The van der Waals surface area contributed by atoms with Gasteiger partial charge in [0.15, 0.2) is 0 Å². The van der Waals surface area contributed by atoms with Crippen LogP contribution in [0.15, 0.2) is 54.6 Å². The molecule has 6 heteroatoms. The lowest BCUT2D eigenvalue weighted by atomic mass is 10.0. The van der Waals surface area contributed by atoms with Crippen LogP contribution in [0.25, 0.3) is 0 Å². The van der Waals surface area contributed by atoms with Crippen LogP contribution in [0.4, 0.5) is 11.4 Å². The van der Waals surface area contributed by atoms with Gasteiger partial charge in [-0.2, -0.15) is 0 Å². The van der Waals surface area contributed by atoms with Gasteiger partial charge >= 0.3 is 0 Å². The quantitative estimate of drug-likeness (QED) is 0.628. The maximum atomic E-state index is 13.1. The molecule has 2 aliphatic heterocycles. The first-order valence-electron chi connectivity index (χ1n) is 10.1. The number of imide groups is 1. The number of hydrogen-bond acceptors (Lipinski definition) is 4. The normalized spacial score (nSPS) is 14.9. The second-order valence-electron chi connectivity index (χ2n) is 7.86. The molecule has 1 N–H and O–H groups in total. The van der Waals surface area contributed by atoms with Crippen LogP contribution in [0.1, 0.15) is 43.8 Å². The maximum absolute atomic E-state index is 13.1. The summed E-state index contributed by atoms with van der Waals surface area (Å²) in [5.41, 5.74) is 4.83. The number of aryl methyl sites for hydroxylation is 3. The summed E-state index contributed by atoms with van der Waals surface area (Å²) in [6.45, 7) is 3.77. The van der Waals surface area contributed by atoms with Gasteiger partial charge in [0.25, 0.3) is 11.8 Å². The molecule has 3 aromatic carbocycles. The number of carbonyl (C=O) groups is 3. The highest BCUT2D eigenvalue weighted by molar-refractivity contribution is 6.35. The summed E-state index contributed by atoms with van der Waals surface area (Å²) in [5, 5.41) is 2.85.